The second-order valence-electron chi connectivity index (χ2n) is 5.26. The molecule has 0 aliphatic carbocycles. The molecular weight excluding hydrogens is 310 g/mol. The van der Waals surface area contributed by atoms with Crippen LogP contribution in [0.15, 0.2) is 35.2 Å². The zero-order valence-electron chi connectivity index (χ0n) is 11.9. The minimum absolute atomic E-state index is 0.177. The third kappa shape index (κ3) is 4.52. The van der Waals surface area contributed by atoms with Gasteiger partial charge in [0, 0.05) is 13.1 Å². The maximum absolute atomic E-state index is 12.3. The van der Waals surface area contributed by atoms with Crippen LogP contribution in [0, 0.1) is 0 Å². The summed E-state index contributed by atoms with van der Waals surface area (Å²) in [6, 6.07) is 7.99. The van der Waals surface area contributed by atoms with Crippen LogP contribution in [-0.4, -0.2) is 45.7 Å². The Hall–Kier alpha value is -0.920. The zero-order chi connectivity index (χ0) is 15.3. The largest absolute Gasteiger partial charge is 0.224 e. The van der Waals surface area contributed by atoms with E-state index < -0.39 is 19.9 Å². The minimum Gasteiger partial charge on any atom is -0.224 e. The molecule has 21 heavy (non-hydrogen) atoms. The molecule has 1 saturated heterocycles. The van der Waals surface area contributed by atoms with E-state index in [0.29, 0.717) is 13.1 Å². The van der Waals surface area contributed by atoms with E-state index in [4.69, 9.17) is 0 Å². The summed E-state index contributed by atoms with van der Waals surface area (Å²) in [5, 5.41) is 0. The first-order valence-corrected chi connectivity index (χ1v) is 10.4. The summed E-state index contributed by atoms with van der Waals surface area (Å²) in [6.07, 6.45) is 3.78. The summed E-state index contributed by atoms with van der Waals surface area (Å²) >= 11 is 0. The van der Waals surface area contributed by atoms with Gasteiger partial charge in [0.25, 0.3) is 0 Å². The number of sulfone groups is 1. The lowest BCUT2D eigenvalue weighted by Crippen LogP contribution is -2.35. The lowest BCUT2D eigenvalue weighted by Gasteiger charge is -2.19. The van der Waals surface area contributed by atoms with Crippen LogP contribution in [0.2, 0.25) is 0 Å². The van der Waals surface area contributed by atoms with E-state index >= 15 is 0 Å². The van der Waals surface area contributed by atoms with Gasteiger partial charge < -0.3 is 0 Å². The van der Waals surface area contributed by atoms with Gasteiger partial charge in [0.1, 0.15) is 0 Å². The highest BCUT2D eigenvalue weighted by Crippen LogP contribution is 2.16. The van der Waals surface area contributed by atoms with Gasteiger partial charge in [0.15, 0.2) is 9.84 Å². The molecule has 0 saturated carbocycles. The molecule has 1 fully saturated rings. The monoisotopic (exact) mass is 331 g/mol. The van der Waals surface area contributed by atoms with Crippen LogP contribution in [0.1, 0.15) is 25.7 Å². The number of nitrogens with zero attached hydrogens (tertiary/aromatic N) is 1. The summed E-state index contributed by atoms with van der Waals surface area (Å²) in [5.74, 6) is -0.708. The smallest absolute Gasteiger partial charge is 0.215 e. The Balaban J connectivity index is 2.04. The van der Waals surface area contributed by atoms with Gasteiger partial charge in [-0.1, -0.05) is 31.0 Å². The van der Waals surface area contributed by atoms with Crippen LogP contribution in [0.4, 0.5) is 0 Å². The molecule has 2 rings (SSSR count). The Bertz CT molecular complexity index is 645. The molecule has 1 aliphatic rings. The van der Waals surface area contributed by atoms with Crippen molar-refractivity contribution in [3.8, 4) is 0 Å². The molecule has 0 bridgehead atoms. The molecule has 1 aromatic rings. The Morgan fingerprint density at radius 1 is 0.810 bits per heavy atom. The van der Waals surface area contributed by atoms with Gasteiger partial charge in [-0.15, -0.1) is 0 Å². The summed E-state index contributed by atoms with van der Waals surface area (Å²) in [4.78, 5) is 0.177. The predicted molar refractivity (Wildman–Crippen MR) is 82.3 cm³/mol. The molecule has 0 atom stereocenters. The number of rotatable bonds is 5. The fourth-order valence-corrected chi connectivity index (χ4v) is 6.01. The summed E-state index contributed by atoms with van der Waals surface area (Å²) in [6.45, 7) is 1.02. The number of benzene rings is 1. The van der Waals surface area contributed by atoms with E-state index in [1.165, 1.54) is 16.4 Å². The molecule has 0 aromatic heterocycles. The Morgan fingerprint density at radius 2 is 1.38 bits per heavy atom. The molecule has 118 valence electrons. The van der Waals surface area contributed by atoms with Crippen LogP contribution in [-0.2, 0) is 19.9 Å². The second kappa shape index (κ2) is 6.89. The third-order valence-electron chi connectivity index (χ3n) is 3.67. The van der Waals surface area contributed by atoms with Gasteiger partial charge in [-0.2, -0.15) is 0 Å². The van der Waals surface area contributed by atoms with Gasteiger partial charge in [-0.25, -0.2) is 21.1 Å². The molecule has 0 unspecified atom stereocenters. The molecule has 0 radical (unpaired) electrons. The van der Waals surface area contributed by atoms with Crippen molar-refractivity contribution < 1.29 is 16.8 Å². The Morgan fingerprint density at radius 3 is 1.95 bits per heavy atom. The number of sulfonamides is 1. The van der Waals surface area contributed by atoms with Crippen molar-refractivity contribution in [3.63, 3.8) is 0 Å². The standard InChI is InChI=1S/C14H21NO4S2/c16-20(17,14-8-4-3-5-9-14)12-13-21(18,19)15-10-6-1-2-7-11-15/h3-5,8-9H,1-2,6-7,10-13H2. The highest BCUT2D eigenvalue weighted by atomic mass is 32.2. The molecular formula is C14H21NO4S2. The van der Waals surface area contributed by atoms with Crippen LogP contribution >= 0.6 is 0 Å². The van der Waals surface area contributed by atoms with E-state index in [1.54, 1.807) is 18.2 Å². The Kier molecular flexibility index (Phi) is 5.40. The molecule has 1 aliphatic heterocycles. The molecule has 0 N–H and O–H groups in total. The Labute approximate surface area is 126 Å². The first-order chi connectivity index (χ1) is 9.92. The summed E-state index contributed by atoms with van der Waals surface area (Å²) in [7, 11) is -7.04. The number of hydrogen-bond acceptors (Lipinski definition) is 4. The highest BCUT2D eigenvalue weighted by Gasteiger charge is 2.26. The normalized spacial score (nSPS) is 18.3. The minimum atomic E-state index is -3.55. The van der Waals surface area contributed by atoms with Crippen molar-refractivity contribution in [1.82, 2.24) is 4.31 Å². The SMILES string of the molecule is O=S(=O)(CCS(=O)(=O)N1CCCCCC1)c1ccccc1. The molecule has 0 amide bonds. The van der Waals surface area contributed by atoms with Gasteiger partial charge in [-0.05, 0) is 25.0 Å². The summed E-state index contributed by atoms with van der Waals surface area (Å²) < 4.78 is 50.3. The lowest BCUT2D eigenvalue weighted by molar-refractivity contribution is 0.424. The van der Waals surface area contributed by atoms with Crippen molar-refractivity contribution in [2.75, 3.05) is 24.6 Å². The van der Waals surface area contributed by atoms with Crippen LogP contribution in [0.3, 0.4) is 0 Å². The topological polar surface area (TPSA) is 71.5 Å². The molecule has 5 nitrogen and oxygen atoms in total. The van der Waals surface area contributed by atoms with E-state index in [1.807, 2.05) is 0 Å². The maximum Gasteiger partial charge on any atom is 0.215 e. The second-order valence-corrected chi connectivity index (χ2v) is 9.46. The predicted octanol–water partition coefficient (Wildman–Crippen LogP) is 1.67. The van der Waals surface area contributed by atoms with Crippen LogP contribution in [0.5, 0.6) is 0 Å². The van der Waals surface area contributed by atoms with Crippen LogP contribution in [0.25, 0.3) is 0 Å². The van der Waals surface area contributed by atoms with E-state index in [9.17, 15) is 16.8 Å². The first-order valence-electron chi connectivity index (χ1n) is 7.17. The average Bonchev–Trinajstić information content (AvgIpc) is 2.76. The summed E-state index contributed by atoms with van der Waals surface area (Å²) in [5.41, 5.74) is 0. The van der Waals surface area contributed by atoms with Gasteiger partial charge >= 0.3 is 0 Å². The third-order valence-corrected chi connectivity index (χ3v) is 7.53. The van der Waals surface area contributed by atoms with Crippen molar-refractivity contribution >= 4 is 19.9 Å². The van der Waals surface area contributed by atoms with Crippen molar-refractivity contribution in [2.24, 2.45) is 0 Å². The van der Waals surface area contributed by atoms with E-state index in [-0.39, 0.29) is 16.4 Å². The number of hydrogen-bond donors (Lipinski definition) is 0. The van der Waals surface area contributed by atoms with E-state index in [0.717, 1.165) is 25.7 Å². The molecule has 0 spiro atoms. The van der Waals surface area contributed by atoms with Gasteiger partial charge in [0.2, 0.25) is 10.0 Å². The van der Waals surface area contributed by atoms with Crippen molar-refractivity contribution in [2.45, 2.75) is 30.6 Å². The van der Waals surface area contributed by atoms with Crippen molar-refractivity contribution in [1.29, 1.82) is 0 Å². The molecule has 7 heteroatoms. The molecule has 1 aromatic carbocycles. The fraction of sp³-hybridized carbons (Fsp3) is 0.571. The zero-order valence-corrected chi connectivity index (χ0v) is 13.6. The van der Waals surface area contributed by atoms with Gasteiger partial charge in [-0.3, -0.25) is 0 Å². The van der Waals surface area contributed by atoms with E-state index in [2.05, 4.69) is 0 Å². The molecule has 1 heterocycles. The fourth-order valence-electron chi connectivity index (χ4n) is 2.41. The lowest BCUT2D eigenvalue weighted by atomic mass is 10.2. The average molecular weight is 331 g/mol. The maximum atomic E-state index is 12.3. The highest BCUT2D eigenvalue weighted by molar-refractivity contribution is 7.94. The van der Waals surface area contributed by atoms with Gasteiger partial charge in [0.05, 0.1) is 16.4 Å². The van der Waals surface area contributed by atoms with Crippen molar-refractivity contribution in [3.05, 3.63) is 30.3 Å². The van der Waals surface area contributed by atoms with Crippen LogP contribution < -0.4 is 0 Å². The quantitative estimate of drug-likeness (QED) is 0.823. The first kappa shape index (κ1) is 16.5.